The van der Waals surface area contributed by atoms with E-state index in [4.69, 9.17) is 0 Å². The van der Waals surface area contributed by atoms with Crippen LogP contribution in [0.4, 0.5) is 0 Å². The summed E-state index contributed by atoms with van der Waals surface area (Å²) in [6.45, 7) is 3.24. The van der Waals surface area contributed by atoms with Gasteiger partial charge in [-0.25, -0.2) is 17.9 Å². The average Bonchev–Trinajstić information content (AvgIpc) is 2.64. The number of nitrogens with zero attached hydrogens (tertiary/aromatic N) is 3. The van der Waals surface area contributed by atoms with E-state index in [2.05, 4.69) is 16.7 Å². The minimum Gasteiger partial charge on any atom is -0.241 e. The van der Waals surface area contributed by atoms with Crippen LogP contribution in [0.1, 0.15) is 0 Å². The van der Waals surface area contributed by atoms with E-state index in [9.17, 15) is 8.42 Å². The highest BCUT2D eigenvalue weighted by atomic mass is 32.2. The van der Waals surface area contributed by atoms with Crippen molar-refractivity contribution in [1.82, 2.24) is 14.6 Å². The molecule has 0 atom stereocenters. The van der Waals surface area contributed by atoms with Gasteiger partial charge in [-0.05, 0) is 6.07 Å². The predicted molar refractivity (Wildman–Crippen MR) is 50.4 cm³/mol. The first-order chi connectivity index (χ1) is 6.65. The number of hydrogen-bond donors (Lipinski definition) is 0. The summed E-state index contributed by atoms with van der Waals surface area (Å²) >= 11 is 0. The van der Waals surface area contributed by atoms with E-state index < -0.39 is 9.84 Å². The smallest absolute Gasteiger partial charge is 0.218 e. The molecule has 0 bridgehead atoms. The summed E-state index contributed by atoms with van der Waals surface area (Å²) in [4.78, 5) is 3.80. The van der Waals surface area contributed by atoms with Gasteiger partial charge in [-0.3, -0.25) is 0 Å². The lowest BCUT2D eigenvalue weighted by Crippen LogP contribution is -2.02. The third-order valence-corrected chi connectivity index (χ3v) is 3.07. The van der Waals surface area contributed by atoms with Crippen molar-refractivity contribution in [3.05, 3.63) is 36.6 Å². The molecule has 0 amide bonds. The zero-order chi connectivity index (χ0) is 10.2. The molecule has 0 radical (unpaired) electrons. The Morgan fingerprint density at radius 1 is 1.43 bits per heavy atom. The molecule has 14 heavy (non-hydrogen) atoms. The van der Waals surface area contributed by atoms with Gasteiger partial charge in [0.05, 0.1) is 6.20 Å². The van der Waals surface area contributed by atoms with Crippen LogP contribution in [0.15, 0.2) is 41.7 Å². The first-order valence-corrected chi connectivity index (χ1v) is 5.35. The molecule has 0 aliphatic carbocycles. The lowest BCUT2D eigenvalue weighted by Gasteiger charge is -1.99. The summed E-state index contributed by atoms with van der Waals surface area (Å²) in [7, 11) is -3.50. The zero-order valence-corrected chi connectivity index (χ0v) is 7.98. The van der Waals surface area contributed by atoms with Crippen molar-refractivity contribution in [2.45, 2.75) is 5.03 Å². The second-order valence-electron chi connectivity index (χ2n) is 2.61. The SMILES string of the molecule is C=CS(=O)(=O)c1nccn2nccc12. The van der Waals surface area contributed by atoms with Crippen molar-refractivity contribution in [1.29, 1.82) is 0 Å². The number of rotatable bonds is 2. The highest BCUT2D eigenvalue weighted by molar-refractivity contribution is 7.94. The molecule has 0 fully saturated rings. The van der Waals surface area contributed by atoms with Crippen LogP contribution in [0.25, 0.3) is 5.52 Å². The van der Waals surface area contributed by atoms with Crippen LogP contribution >= 0.6 is 0 Å². The lowest BCUT2D eigenvalue weighted by atomic mass is 10.5. The molecule has 2 aromatic rings. The third kappa shape index (κ3) is 1.20. The Hall–Kier alpha value is -1.69. The maximum absolute atomic E-state index is 11.5. The van der Waals surface area contributed by atoms with Crippen molar-refractivity contribution >= 4 is 15.4 Å². The van der Waals surface area contributed by atoms with Crippen LogP contribution in [-0.4, -0.2) is 23.0 Å². The minimum atomic E-state index is -3.50. The number of fused-ring (bicyclic) bond motifs is 1. The molecule has 0 aliphatic heterocycles. The molecular formula is C8H7N3O2S. The Kier molecular flexibility index (Phi) is 1.85. The molecule has 0 saturated heterocycles. The third-order valence-electron chi connectivity index (χ3n) is 1.78. The van der Waals surface area contributed by atoms with E-state index in [1.807, 2.05) is 0 Å². The standard InChI is InChI=1S/C8H7N3O2S/c1-2-14(12,13)8-7-3-4-10-11(7)6-5-9-8/h2-6H,1H2. The first kappa shape index (κ1) is 8.89. The van der Waals surface area contributed by atoms with Crippen molar-refractivity contribution in [3.63, 3.8) is 0 Å². The van der Waals surface area contributed by atoms with Gasteiger partial charge >= 0.3 is 0 Å². The fourth-order valence-electron chi connectivity index (χ4n) is 1.13. The molecule has 0 aromatic carbocycles. The molecule has 0 spiro atoms. The maximum atomic E-state index is 11.5. The van der Waals surface area contributed by atoms with Gasteiger partial charge in [0.2, 0.25) is 9.84 Å². The van der Waals surface area contributed by atoms with Crippen LogP contribution < -0.4 is 0 Å². The van der Waals surface area contributed by atoms with Crippen LogP contribution in [0, 0.1) is 0 Å². The molecule has 0 saturated carbocycles. The van der Waals surface area contributed by atoms with Crippen LogP contribution in [0.3, 0.4) is 0 Å². The predicted octanol–water partition coefficient (Wildman–Crippen LogP) is 0.646. The van der Waals surface area contributed by atoms with Gasteiger partial charge in [0, 0.05) is 17.8 Å². The quantitative estimate of drug-likeness (QED) is 0.728. The second-order valence-corrected chi connectivity index (χ2v) is 4.42. The number of hydrogen-bond acceptors (Lipinski definition) is 4. The maximum Gasteiger partial charge on any atom is 0.218 e. The fraction of sp³-hybridized carbons (Fsp3) is 0. The van der Waals surface area contributed by atoms with E-state index >= 15 is 0 Å². The highest BCUT2D eigenvalue weighted by Crippen LogP contribution is 2.14. The van der Waals surface area contributed by atoms with E-state index in [0.29, 0.717) is 5.52 Å². The first-order valence-electron chi connectivity index (χ1n) is 3.81. The highest BCUT2D eigenvalue weighted by Gasteiger charge is 2.15. The Balaban J connectivity index is 2.87. The van der Waals surface area contributed by atoms with Crippen molar-refractivity contribution < 1.29 is 8.42 Å². The molecule has 2 aromatic heterocycles. The largest absolute Gasteiger partial charge is 0.241 e. The molecular weight excluding hydrogens is 202 g/mol. The van der Waals surface area contributed by atoms with Gasteiger partial charge in [0.15, 0.2) is 5.03 Å². The van der Waals surface area contributed by atoms with E-state index in [-0.39, 0.29) is 5.03 Å². The Bertz CT molecular complexity index is 585. The van der Waals surface area contributed by atoms with Crippen molar-refractivity contribution in [2.75, 3.05) is 0 Å². The Morgan fingerprint density at radius 3 is 2.93 bits per heavy atom. The Labute approximate surface area is 80.6 Å². The molecule has 5 nitrogen and oxygen atoms in total. The molecule has 6 heteroatoms. The summed E-state index contributed by atoms with van der Waals surface area (Å²) in [6.07, 6.45) is 4.48. The van der Waals surface area contributed by atoms with Crippen molar-refractivity contribution in [2.24, 2.45) is 0 Å². The number of aromatic nitrogens is 3. The molecule has 72 valence electrons. The average molecular weight is 209 g/mol. The van der Waals surface area contributed by atoms with Gasteiger partial charge in [0.25, 0.3) is 0 Å². The monoisotopic (exact) mass is 209 g/mol. The summed E-state index contributed by atoms with van der Waals surface area (Å²) in [6, 6.07) is 1.59. The topological polar surface area (TPSA) is 64.3 Å². The molecule has 0 unspecified atom stereocenters. The van der Waals surface area contributed by atoms with Gasteiger partial charge in [-0.15, -0.1) is 0 Å². The van der Waals surface area contributed by atoms with Crippen LogP contribution in [0.2, 0.25) is 0 Å². The van der Waals surface area contributed by atoms with Gasteiger partial charge < -0.3 is 0 Å². The van der Waals surface area contributed by atoms with E-state index in [0.717, 1.165) is 5.41 Å². The van der Waals surface area contributed by atoms with Crippen LogP contribution in [-0.2, 0) is 9.84 Å². The van der Waals surface area contributed by atoms with Gasteiger partial charge in [0.1, 0.15) is 5.52 Å². The van der Waals surface area contributed by atoms with Crippen LogP contribution in [0.5, 0.6) is 0 Å². The summed E-state index contributed by atoms with van der Waals surface area (Å²) < 4.78 is 24.4. The number of sulfone groups is 1. The minimum absolute atomic E-state index is 0.0208. The van der Waals surface area contributed by atoms with E-state index in [1.54, 1.807) is 12.3 Å². The summed E-state index contributed by atoms with van der Waals surface area (Å²) in [5.74, 6) is 0. The summed E-state index contributed by atoms with van der Waals surface area (Å²) in [5, 5.41) is 4.76. The van der Waals surface area contributed by atoms with E-state index in [1.165, 1.54) is 16.9 Å². The Morgan fingerprint density at radius 2 is 2.21 bits per heavy atom. The second kappa shape index (κ2) is 2.91. The molecule has 2 rings (SSSR count). The molecule has 2 heterocycles. The van der Waals surface area contributed by atoms with Gasteiger partial charge in [-0.1, -0.05) is 6.58 Å². The fourth-order valence-corrected chi connectivity index (χ4v) is 1.95. The normalized spacial score (nSPS) is 11.7. The molecule has 0 N–H and O–H groups in total. The molecule has 0 aliphatic rings. The summed E-state index contributed by atoms with van der Waals surface area (Å²) in [5.41, 5.74) is 0.451. The van der Waals surface area contributed by atoms with Gasteiger partial charge in [-0.2, -0.15) is 5.10 Å². The zero-order valence-electron chi connectivity index (χ0n) is 7.16. The lowest BCUT2D eigenvalue weighted by molar-refractivity contribution is 0.601. The van der Waals surface area contributed by atoms with Crippen molar-refractivity contribution in [3.8, 4) is 0 Å².